The van der Waals surface area contributed by atoms with Gasteiger partial charge >= 0.3 is 0 Å². The second-order valence-corrected chi connectivity index (χ2v) is 4.66. The summed E-state index contributed by atoms with van der Waals surface area (Å²) >= 11 is 0. The molecule has 0 spiro atoms. The van der Waals surface area contributed by atoms with E-state index in [0.717, 1.165) is 0 Å². The van der Waals surface area contributed by atoms with E-state index in [4.69, 9.17) is 0 Å². The highest BCUT2D eigenvalue weighted by Crippen LogP contribution is 2.27. The van der Waals surface area contributed by atoms with Crippen molar-refractivity contribution in [2.24, 2.45) is 7.05 Å². The molecule has 0 unspecified atom stereocenters. The maximum atomic E-state index is 13.0. The molecule has 102 valence electrons. The highest BCUT2D eigenvalue weighted by molar-refractivity contribution is 5.28. The van der Waals surface area contributed by atoms with Gasteiger partial charge in [-0.05, 0) is 17.7 Å². The summed E-state index contributed by atoms with van der Waals surface area (Å²) in [6.45, 7) is -0.516. The molecule has 1 aromatic carbocycles. The SMILES string of the molecule is Cn1cc(CC(CO)(CO)c2ccc(F)cc2)nn1. The van der Waals surface area contributed by atoms with Gasteiger partial charge in [0.25, 0.3) is 0 Å². The van der Waals surface area contributed by atoms with Crippen LogP contribution < -0.4 is 0 Å². The number of nitrogens with zero attached hydrogens (tertiary/aromatic N) is 3. The molecule has 0 saturated heterocycles. The van der Waals surface area contributed by atoms with Gasteiger partial charge in [0.15, 0.2) is 0 Å². The van der Waals surface area contributed by atoms with Crippen molar-refractivity contribution in [1.29, 1.82) is 0 Å². The van der Waals surface area contributed by atoms with Gasteiger partial charge in [-0.25, -0.2) is 4.39 Å². The van der Waals surface area contributed by atoms with Gasteiger partial charge in [0.05, 0.1) is 18.9 Å². The van der Waals surface area contributed by atoms with E-state index in [-0.39, 0.29) is 19.0 Å². The molecule has 1 heterocycles. The second-order valence-electron chi connectivity index (χ2n) is 4.66. The largest absolute Gasteiger partial charge is 0.395 e. The number of hydrogen-bond donors (Lipinski definition) is 2. The Morgan fingerprint density at radius 3 is 2.32 bits per heavy atom. The smallest absolute Gasteiger partial charge is 0.123 e. The Morgan fingerprint density at radius 2 is 1.84 bits per heavy atom. The zero-order chi connectivity index (χ0) is 13.9. The first-order valence-electron chi connectivity index (χ1n) is 5.92. The average Bonchev–Trinajstić information content (AvgIpc) is 2.82. The Bertz CT molecular complexity index is 535. The normalized spacial score (nSPS) is 11.8. The van der Waals surface area contributed by atoms with Crippen LogP contribution in [-0.2, 0) is 18.9 Å². The molecule has 2 N–H and O–H groups in total. The molecule has 0 aliphatic carbocycles. The van der Waals surface area contributed by atoms with E-state index in [9.17, 15) is 14.6 Å². The molecular weight excluding hydrogens is 249 g/mol. The highest BCUT2D eigenvalue weighted by atomic mass is 19.1. The van der Waals surface area contributed by atoms with Crippen LogP contribution >= 0.6 is 0 Å². The molecule has 0 bridgehead atoms. The Kier molecular flexibility index (Phi) is 3.92. The summed E-state index contributed by atoms with van der Waals surface area (Å²) in [5.41, 5.74) is 0.448. The van der Waals surface area contributed by atoms with Gasteiger partial charge in [-0.3, -0.25) is 4.68 Å². The van der Waals surface area contributed by atoms with E-state index in [1.807, 2.05) is 0 Å². The number of hydrogen-bond acceptors (Lipinski definition) is 4. The van der Waals surface area contributed by atoms with Crippen LogP contribution in [0.15, 0.2) is 30.5 Å². The number of aliphatic hydroxyl groups is 2. The molecule has 5 nitrogen and oxygen atoms in total. The Hall–Kier alpha value is -1.79. The summed E-state index contributed by atoms with van der Waals surface area (Å²) in [7, 11) is 1.74. The Balaban J connectivity index is 2.33. The highest BCUT2D eigenvalue weighted by Gasteiger charge is 2.32. The number of aromatic nitrogens is 3. The topological polar surface area (TPSA) is 71.2 Å². The monoisotopic (exact) mass is 265 g/mol. The molecule has 19 heavy (non-hydrogen) atoms. The quantitative estimate of drug-likeness (QED) is 0.822. The Morgan fingerprint density at radius 1 is 1.21 bits per heavy atom. The first-order chi connectivity index (χ1) is 9.09. The van der Waals surface area contributed by atoms with Crippen molar-refractivity contribution in [3.05, 3.63) is 47.5 Å². The van der Waals surface area contributed by atoms with E-state index in [1.165, 1.54) is 12.1 Å². The fourth-order valence-corrected chi connectivity index (χ4v) is 2.07. The summed E-state index contributed by atoms with van der Waals surface area (Å²) in [5, 5.41) is 27.1. The predicted octanol–water partition coefficient (Wildman–Crippen LogP) is 0.419. The predicted molar refractivity (Wildman–Crippen MR) is 67.0 cm³/mol. The molecule has 0 radical (unpaired) electrons. The molecule has 0 aliphatic heterocycles. The maximum absolute atomic E-state index is 13.0. The van der Waals surface area contributed by atoms with Crippen LogP contribution in [0, 0.1) is 5.82 Å². The summed E-state index contributed by atoms with van der Waals surface area (Å²) in [6.07, 6.45) is 2.06. The van der Waals surface area contributed by atoms with Crippen LogP contribution in [-0.4, -0.2) is 38.4 Å². The minimum atomic E-state index is -0.885. The second kappa shape index (κ2) is 5.46. The minimum Gasteiger partial charge on any atom is -0.395 e. The van der Waals surface area contributed by atoms with E-state index in [2.05, 4.69) is 10.3 Å². The van der Waals surface area contributed by atoms with E-state index in [1.54, 1.807) is 30.1 Å². The fourth-order valence-electron chi connectivity index (χ4n) is 2.07. The van der Waals surface area contributed by atoms with Crippen molar-refractivity contribution in [2.75, 3.05) is 13.2 Å². The zero-order valence-electron chi connectivity index (χ0n) is 10.6. The van der Waals surface area contributed by atoms with Crippen LogP contribution in [0.5, 0.6) is 0 Å². The maximum Gasteiger partial charge on any atom is 0.123 e. The molecular formula is C13H16FN3O2. The van der Waals surface area contributed by atoms with Crippen molar-refractivity contribution < 1.29 is 14.6 Å². The number of benzene rings is 1. The first-order valence-corrected chi connectivity index (χ1v) is 5.92. The number of aryl methyl sites for hydroxylation is 1. The van der Waals surface area contributed by atoms with Crippen molar-refractivity contribution in [3.8, 4) is 0 Å². The number of halogens is 1. The standard InChI is InChI=1S/C13H16FN3O2/c1-17-7-12(15-16-17)6-13(8-18,9-19)10-2-4-11(14)5-3-10/h2-5,7,18-19H,6,8-9H2,1H3. The lowest BCUT2D eigenvalue weighted by molar-refractivity contribution is 0.115. The van der Waals surface area contributed by atoms with Gasteiger partial charge < -0.3 is 10.2 Å². The Labute approximate surface area is 110 Å². The van der Waals surface area contributed by atoms with Crippen molar-refractivity contribution >= 4 is 0 Å². The van der Waals surface area contributed by atoms with Crippen LogP contribution in [0.25, 0.3) is 0 Å². The number of rotatable bonds is 5. The number of aliphatic hydroxyl groups excluding tert-OH is 2. The fraction of sp³-hybridized carbons (Fsp3) is 0.385. The summed E-state index contributed by atoms with van der Waals surface area (Å²) < 4.78 is 14.5. The van der Waals surface area contributed by atoms with Crippen molar-refractivity contribution in [2.45, 2.75) is 11.8 Å². The summed E-state index contributed by atoms with van der Waals surface area (Å²) in [4.78, 5) is 0. The molecule has 1 aromatic heterocycles. The lowest BCUT2D eigenvalue weighted by Crippen LogP contribution is -2.37. The molecule has 6 heteroatoms. The third-order valence-electron chi connectivity index (χ3n) is 3.23. The van der Waals surface area contributed by atoms with Crippen molar-refractivity contribution in [1.82, 2.24) is 15.0 Å². The molecule has 0 aliphatic rings. The molecule has 2 rings (SSSR count). The third-order valence-corrected chi connectivity index (χ3v) is 3.23. The first kappa shape index (κ1) is 13.6. The molecule has 0 amide bonds. The average molecular weight is 265 g/mol. The van der Waals surface area contributed by atoms with Crippen molar-refractivity contribution in [3.63, 3.8) is 0 Å². The van der Waals surface area contributed by atoms with Gasteiger partial charge in [-0.2, -0.15) is 0 Å². The van der Waals surface area contributed by atoms with E-state index < -0.39 is 5.41 Å². The van der Waals surface area contributed by atoms with E-state index >= 15 is 0 Å². The van der Waals surface area contributed by atoms with Crippen LogP contribution in [0.4, 0.5) is 4.39 Å². The van der Waals surface area contributed by atoms with Crippen LogP contribution in [0.1, 0.15) is 11.3 Å². The lowest BCUT2D eigenvalue weighted by atomic mass is 9.78. The van der Waals surface area contributed by atoms with Gasteiger partial charge in [0.2, 0.25) is 0 Å². The van der Waals surface area contributed by atoms with E-state index in [0.29, 0.717) is 17.7 Å². The molecule has 0 atom stereocenters. The molecule has 0 fully saturated rings. The van der Waals surface area contributed by atoms with Crippen LogP contribution in [0.2, 0.25) is 0 Å². The van der Waals surface area contributed by atoms with Crippen LogP contribution in [0.3, 0.4) is 0 Å². The molecule has 2 aromatic rings. The zero-order valence-corrected chi connectivity index (χ0v) is 10.6. The summed E-state index contributed by atoms with van der Waals surface area (Å²) in [6, 6.07) is 5.76. The summed E-state index contributed by atoms with van der Waals surface area (Å²) in [5.74, 6) is -0.354. The van der Waals surface area contributed by atoms with Gasteiger partial charge in [-0.15, -0.1) is 5.10 Å². The minimum absolute atomic E-state index is 0.258. The molecule has 0 saturated carbocycles. The van der Waals surface area contributed by atoms with Gasteiger partial charge in [-0.1, -0.05) is 17.3 Å². The van der Waals surface area contributed by atoms with Gasteiger partial charge in [0.1, 0.15) is 5.82 Å². The van der Waals surface area contributed by atoms with Gasteiger partial charge in [0, 0.05) is 25.1 Å². The third kappa shape index (κ3) is 2.80. The lowest BCUT2D eigenvalue weighted by Gasteiger charge is -2.29.